The molecule has 0 aromatic carbocycles. The number of amides is 1. The van der Waals surface area contributed by atoms with Crippen LogP contribution in [0.1, 0.15) is 37.0 Å². The lowest BCUT2D eigenvalue weighted by Crippen LogP contribution is -2.31. The van der Waals surface area contributed by atoms with E-state index < -0.39 is 0 Å². The third-order valence-electron chi connectivity index (χ3n) is 2.46. The van der Waals surface area contributed by atoms with E-state index in [0.29, 0.717) is 12.1 Å². The molecule has 0 aliphatic carbocycles. The number of unbranched alkanes of at least 4 members (excludes halogenated alkanes) is 1. The molecule has 0 N–H and O–H groups in total. The summed E-state index contributed by atoms with van der Waals surface area (Å²) in [4.78, 5) is 17.8. The van der Waals surface area contributed by atoms with Gasteiger partial charge in [-0.1, -0.05) is 36.5 Å². The zero-order chi connectivity index (χ0) is 12.8. The third-order valence-corrected chi connectivity index (χ3v) is 2.85. The average Bonchev–Trinajstić information content (AvgIpc) is 2.28. The SMILES string of the molecule is CCCCN(CC)C(=O)c1cc(Cl)nc(Cl)c1. The van der Waals surface area contributed by atoms with Crippen LogP contribution in [0.5, 0.6) is 0 Å². The molecule has 1 heterocycles. The molecule has 0 saturated heterocycles. The predicted octanol–water partition coefficient (Wildman–Crippen LogP) is 3.65. The van der Waals surface area contributed by atoms with E-state index in [1.165, 1.54) is 0 Å². The Labute approximate surface area is 112 Å². The molecule has 0 unspecified atom stereocenters. The topological polar surface area (TPSA) is 33.2 Å². The quantitative estimate of drug-likeness (QED) is 0.768. The molecule has 1 amide bonds. The zero-order valence-electron chi connectivity index (χ0n) is 10.0. The van der Waals surface area contributed by atoms with Gasteiger partial charge in [-0.3, -0.25) is 4.79 Å². The molecule has 1 aromatic rings. The number of hydrogen-bond acceptors (Lipinski definition) is 2. The Morgan fingerprint density at radius 3 is 2.35 bits per heavy atom. The van der Waals surface area contributed by atoms with Gasteiger partial charge in [0.1, 0.15) is 10.3 Å². The van der Waals surface area contributed by atoms with E-state index in [1.54, 1.807) is 17.0 Å². The lowest BCUT2D eigenvalue weighted by Gasteiger charge is -2.20. The zero-order valence-corrected chi connectivity index (χ0v) is 11.6. The van der Waals surface area contributed by atoms with Crippen molar-refractivity contribution in [1.29, 1.82) is 0 Å². The second kappa shape index (κ2) is 6.82. The van der Waals surface area contributed by atoms with E-state index in [-0.39, 0.29) is 16.2 Å². The molecule has 0 spiro atoms. The van der Waals surface area contributed by atoms with Crippen LogP contribution in [-0.2, 0) is 0 Å². The summed E-state index contributed by atoms with van der Waals surface area (Å²) in [5.74, 6) is -0.0489. The van der Waals surface area contributed by atoms with E-state index >= 15 is 0 Å². The third kappa shape index (κ3) is 4.17. The summed E-state index contributed by atoms with van der Waals surface area (Å²) >= 11 is 11.6. The highest BCUT2D eigenvalue weighted by atomic mass is 35.5. The lowest BCUT2D eigenvalue weighted by atomic mass is 10.2. The van der Waals surface area contributed by atoms with Crippen molar-refractivity contribution in [1.82, 2.24) is 9.88 Å². The number of pyridine rings is 1. The average molecular weight is 275 g/mol. The number of rotatable bonds is 5. The van der Waals surface area contributed by atoms with Crippen LogP contribution in [0.2, 0.25) is 10.3 Å². The number of halogens is 2. The molecule has 94 valence electrons. The molecule has 17 heavy (non-hydrogen) atoms. The molecule has 5 heteroatoms. The van der Waals surface area contributed by atoms with Gasteiger partial charge in [-0.05, 0) is 25.5 Å². The van der Waals surface area contributed by atoms with Crippen molar-refractivity contribution in [2.24, 2.45) is 0 Å². The molecule has 1 rings (SSSR count). The van der Waals surface area contributed by atoms with Gasteiger partial charge in [-0.25, -0.2) is 4.98 Å². The molecular formula is C12H16Cl2N2O. The molecule has 0 aliphatic heterocycles. The van der Waals surface area contributed by atoms with Gasteiger partial charge in [0, 0.05) is 18.7 Å². The standard InChI is InChI=1S/C12H16Cl2N2O/c1-3-5-6-16(4-2)12(17)9-7-10(13)15-11(14)8-9/h7-8H,3-6H2,1-2H3. The summed E-state index contributed by atoms with van der Waals surface area (Å²) in [5, 5.41) is 0.486. The van der Waals surface area contributed by atoms with E-state index in [0.717, 1.165) is 19.4 Å². The highest BCUT2D eigenvalue weighted by Gasteiger charge is 2.15. The van der Waals surface area contributed by atoms with Gasteiger partial charge in [-0.15, -0.1) is 0 Å². The van der Waals surface area contributed by atoms with E-state index in [9.17, 15) is 4.79 Å². The van der Waals surface area contributed by atoms with Gasteiger partial charge in [-0.2, -0.15) is 0 Å². The predicted molar refractivity (Wildman–Crippen MR) is 70.7 cm³/mol. The van der Waals surface area contributed by atoms with Crippen LogP contribution >= 0.6 is 23.2 Å². The minimum absolute atomic E-state index is 0.0489. The first-order valence-electron chi connectivity index (χ1n) is 5.70. The molecule has 0 fully saturated rings. The molecule has 0 saturated carbocycles. The van der Waals surface area contributed by atoms with Crippen molar-refractivity contribution in [3.63, 3.8) is 0 Å². The maximum Gasteiger partial charge on any atom is 0.254 e. The molecule has 0 bridgehead atoms. The maximum absolute atomic E-state index is 12.2. The van der Waals surface area contributed by atoms with Gasteiger partial charge >= 0.3 is 0 Å². The van der Waals surface area contributed by atoms with Crippen LogP contribution < -0.4 is 0 Å². The smallest absolute Gasteiger partial charge is 0.254 e. The van der Waals surface area contributed by atoms with Crippen molar-refractivity contribution in [3.8, 4) is 0 Å². The van der Waals surface area contributed by atoms with Crippen molar-refractivity contribution in [3.05, 3.63) is 28.0 Å². The highest BCUT2D eigenvalue weighted by molar-refractivity contribution is 6.33. The lowest BCUT2D eigenvalue weighted by molar-refractivity contribution is 0.0762. The number of aromatic nitrogens is 1. The van der Waals surface area contributed by atoms with Crippen LogP contribution in [0.25, 0.3) is 0 Å². The van der Waals surface area contributed by atoms with Crippen LogP contribution in [0, 0.1) is 0 Å². The van der Waals surface area contributed by atoms with Gasteiger partial charge in [0.05, 0.1) is 0 Å². The van der Waals surface area contributed by atoms with Crippen LogP contribution in [0.3, 0.4) is 0 Å². The summed E-state index contributed by atoms with van der Waals surface area (Å²) in [5.41, 5.74) is 0.493. The summed E-state index contributed by atoms with van der Waals surface area (Å²) in [6.07, 6.45) is 2.05. The number of nitrogens with zero attached hydrogens (tertiary/aromatic N) is 2. The minimum Gasteiger partial charge on any atom is -0.339 e. The fourth-order valence-corrected chi connectivity index (χ4v) is 1.98. The first-order chi connectivity index (χ1) is 8.08. The van der Waals surface area contributed by atoms with Crippen molar-refractivity contribution in [2.45, 2.75) is 26.7 Å². The molecule has 1 aromatic heterocycles. The summed E-state index contributed by atoms with van der Waals surface area (Å²) < 4.78 is 0. The Morgan fingerprint density at radius 2 is 1.88 bits per heavy atom. The van der Waals surface area contributed by atoms with Crippen LogP contribution in [-0.4, -0.2) is 28.9 Å². The van der Waals surface area contributed by atoms with Crippen molar-refractivity contribution < 1.29 is 4.79 Å². The highest BCUT2D eigenvalue weighted by Crippen LogP contribution is 2.16. The van der Waals surface area contributed by atoms with Crippen LogP contribution in [0.15, 0.2) is 12.1 Å². The Hall–Kier alpha value is -0.800. The van der Waals surface area contributed by atoms with E-state index in [4.69, 9.17) is 23.2 Å². The fourth-order valence-electron chi connectivity index (χ4n) is 1.52. The van der Waals surface area contributed by atoms with Gasteiger partial charge in [0.25, 0.3) is 5.91 Å². The van der Waals surface area contributed by atoms with E-state index in [2.05, 4.69) is 11.9 Å². The fraction of sp³-hybridized carbons (Fsp3) is 0.500. The Morgan fingerprint density at radius 1 is 1.29 bits per heavy atom. The summed E-state index contributed by atoms with van der Waals surface area (Å²) in [6, 6.07) is 3.09. The second-order valence-electron chi connectivity index (χ2n) is 3.74. The van der Waals surface area contributed by atoms with Crippen molar-refractivity contribution >= 4 is 29.1 Å². The van der Waals surface area contributed by atoms with Crippen molar-refractivity contribution in [2.75, 3.05) is 13.1 Å². The number of carbonyl (C=O) groups excluding carboxylic acids is 1. The maximum atomic E-state index is 12.2. The van der Waals surface area contributed by atoms with Gasteiger partial charge in [0.2, 0.25) is 0 Å². The first-order valence-corrected chi connectivity index (χ1v) is 6.46. The molecule has 3 nitrogen and oxygen atoms in total. The Kier molecular flexibility index (Phi) is 5.72. The Balaban J connectivity index is 2.85. The molecule has 0 atom stereocenters. The van der Waals surface area contributed by atoms with E-state index in [1.807, 2.05) is 6.92 Å². The number of hydrogen-bond donors (Lipinski definition) is 0. The normalized spacial score (nSPS) is 10.4. The summed E-state index contributed by atoms with van der Waals surface area (Å²) in [6.45, 7) is 5.48. The van der Waals surface area contributed by atoms with Crippen LogP contribution in [0.4, 0.5) is 0 Å². The Bertz CT molecular complexity index is 376. The summed E-state index contributed by atoms with van der Waals surface area (Å²) in [7, 11) is 0. The molecule has 0 aliphatic rings. The second-order valence-corrected chi connectivity index (χ2v) is 4.51. The monoisotopic (exact) mass is 274 g/mol. The minimum atomic E-state index is -0.0489. The largest absolute Gasteiger partial charge is 0.339 e. The molecule has 0 radical (unpaired) electrons. The molecular weight excluding hydrogens is 259 g/mol. The van der Waals surface area contributed by atoms with Gasteiger partial charge < -0.3 is 4.90 Å². The van der Waals surface area contributed by atoms with Gasteiger partial charge in [0.15, 0.2) is 0 Å². The number of carbonyl (C=O) groups is 1. The first kappa shape index (κ1) is 14.3.